The van der Waals surface area contributed by atoms with Crippen LogP contribution in [0.15, 0.2) is 24.3 Å². The third-order valence-electron chi connectivity index (χ3n) is 2.92. The Bertz CT molecular complexity index is 491. The molecule has 1 aromatic carbocycles. The standard InChI is InChI=1S/C15H21ClN2O4/c1-11(2)18(10-15(20)21)9-14(19)17-7-8-22-13-5-3-12(16)4-6-13/h3-6,11H,7-10H2,1-2H3,(H,17,19)(H,20,21). The summed E-state index contributed by atoms with van der Waals surface area (Å²) in [7, 11) is 0. The van der Waals surface area contributed by atoms with E-state index in [1.807, 2.05) is 13.8 Å². The second-order valence-corrected chi connectivity index (χ2v) is 5.48. The lowest BCUT2D eigenvalue weighted by Crippen LogP contribution is -2.44. The third-order valence-corrected chi connectivity index (χ3v) is 3.17. The van der Waals surface area contributed by atoms with E-state index in [1.165, 1.54) is 0 Å². The minimum absolute atomic E-state index is 0.0211. The lowest BCUT2D eigenvalue weighted by atomic mass is 10.3. The summed E-state index contributed by atoms with van der Waals surface area (Å²) in [5.74, 6) is -0.504. The van der Waals surface area contributed by atoms with Crippen LogP contribution in [0.5, 0.6) is 5.75 Å². The number of carboxylic acids is 1. The molecule has 1 amide bonds. The van der Waals surface area contributed by atoms with Crippen LogP contribution in [0.25, 0.3) is 0 Å². The van der Waals surface area contributed by atoms with Crippen molar-refractivity contribution in [3.63, 3.8) is 0 Å². The number of ether oxygens (including phenoxy) is 1. The van der Waals surface area contributed by atoms with Crippen LogP contribution in [-0.4, -0.2) is 54.2 Å². The van der Waals surface area contributed by atoms with Gasteiger partial charge in [0.25, 0.3) is 0 Å². The Morgan fingerprint density at radius 3 is 2.45 bits per heavy atom. The molecule has 0 aliphatic heterocycles. The van der Waals surface area contributed by atoms with Crippen LogP contribution in [0, 0.1) is 0 Å². The van der Waals surface area contributed by atoms with Gasteiger partial charge in [-0.1, -0.05) is 11.6 Å². The topological polar surface area (TPSA) is 78.9 Å². The van der Waals surface area contributed by atoms with Crippen LogP contribution in [0.2, 0.25) is 5.02 Å². The molecule has 0 heterocycles. The number of carboxylic acid groups (broad SMARTS) is 1. The van der Waals surface area contributed by atoms with Gasteiger partial charge in [0, 0.05) is 11.1 Å². The first-order valence-electron chi connectivity index (χ1n) is 6.99. The summed E-state index contributed by atoms with van der Waals surface area (Å²) in [5, 5.41) is 12.1. The molecule has 22 heavy (non-hydrogen) atoms. The molecule has 0 fully saturated rings. The monoisotopic (exact) mass is 328 g/mol. The van der Waals surface area contributed by atoms with E-state index in [9.17, 15) is 9.59 Å². The van der Waals surface area contributed by atoms with E-state index in [-0.39, 0.29) is 25.0 Å². The minimum atomic E-state index is -0.951. The molecule has 0 aliphatic carbocycles. The SMILES string of the molecule is CC(C)N(CC(=O)O)CC(=O)NCCOc1ccc(Cl)cc1. The van der Waals surface area contributed by atoms with Crippen molar-refractivity contribution in [3.8, 4) is 5.75 Å². The molecule has 0 radical (unpaired) electrons. The fourth-order valence-corrected chi connectivity index (χ4v) is 1.85. The summed E-state index contributed by atoms with van der Waals surface area (Å²) in [6.07, 6.45) is 0. The molecule has 0 bridgehead atoms. The molecule has 0 atom stereocenters. The highest BCUT2D eigenvalue weighted by atomic mass is 35.5. The first-order valence-corrected chi connectivity index (χ1v) is 7.37. The molecule has 0 saturated heterocycles. The van der Waals surface area contributed by atoms with E-state index in [2.05, 4.69) is 5.32 Å². The van der Waals surface area contributed by atoms with Gasteiger partial charge in [0.1, 0.15) is 12.4 Å². The zero-order valence-electron chi connectivity index (χ0n) is 12.7. The molecule has 1 aromatic rings. The summed E-state index contributed by atoms with van der Waals surface area (Å²) < 4.78 is 5.45. The maximum Gasteiger partial charge on any atom is 0.317 e. The van der Waals surface area contributed by atoms with E-state index in [4.69, 9.17) is 21.4 Å². The molecule has 1 rings (SSSR count). The smallest absolute Gasteiger partial charge is 0.317 e. The van der Waals surface area contributed by atoms with Crippen molar-refractivity contribution in [2.75, 3.05) is 26.2 Å². The minimum Gasteiger partial charge on any atom is -0.492 e. The first kappa shape index (κ1) is 18.3. The number of carbonyl (C=O) groups excluding carboxylic acids is 1. The van der Waals surface area contributed by atoms with Gasteiger partial charge in [-0.2, -0.15) is 0 Å². The Morgan fingerprint density at radius 2 is 1.91 bits per heavy atom. The number of rotatable bonds is 9. The van der Waals surface area contributed by atoms with Crippen molar-refractivity contribution in [2.24, 2.45) is 0 Å². The molecular weight excluding hydrogens is 308 g/mol. The summed E-state index contributed by atoms with van der Waals surface area (Å²) in [5.41, 5.74) is 0. The Hall–Kier alpha value is -1.79. The Labute approximate surface area is 135 Å². The molecule has 0 spiro atoms. The maximum absolute atomic E-state index is 11.8. The van der Waals surface area contributed by atoms with Gasteiger partial charge >= 0.3 is 5.97 Å². The largest absolute Gasteiger partial charge is 0.492 e. The molecule has 7 heteroatoms. The van der Waals surface area contributed by atoms with Crippen LogP contribution in [0.3, 0.4) is 0 Å². The quantitative estimate of drug-likeness (QED) is 0.674. The molecule has 0 aromatic heterocycles. The van der Waals surface area contributed by atoms with E-state index in [0.29, 0.717) is 23.9 Å². The van der Waals surface area contributed by atoms with E-state index < -0.39 is 5.97 Å². The van der Waals surface area contributed by atoms with Gasteiger partial charge < -0.3 is 15.2 Å². The molecule has 0 aliphatic rings. The van der Waals surface area contributed by atoms with Crippen molar-refractivity contribution in [1.29, 1.82) is 0 Å². The van der Waals surface area contributed by atoms with Gasteiger partial charge in [-0.3, -0.25) is 14.5 Å². The van der Waals surface area contributed by atoms with Crippen molar-refractivity contribution >= 4 is 23.5 Å². The number of benzene rings is 1. The second kappa shape index (κ2) is 9.27. The number of nitrogens with zero attached hydrogens (tertiary/aromatic N) is 1. The van der Waals surface area contributed by atoms with Crippen molar-refractivity contribution in [1.82, 2.24) is 10.2 Å². The second-order valence-electron chi connectivity index (χ2n) is 5.04. The predicted octanol–water partition coefficient (Wildman–Crippen LogP) is 1.63. The highest BCUT2D eigenvalue weighted by Gasteiger charge is 2.16. The predicted molar refractivity (Wildman–Crippen MR) is 84.3 cm³/mol. The van der Waals surface area contributed by atoms with Crippen LogP contribution in [0.1, 0.15) is 13.8 Å². The summed E-state index contributed by atoms with van der Waals surface area (Å²) in [4.78, 5) is 24.1. The van der Waals surface area contributed by atoms with Gasteiger partial charge in [0.05, 0.1) is 19.6 Å². The highest BCUT2D eigenvalue weighted by molar-refractivity contribution is 6.30. The van der Waals surface area contributed by atoms with Crippen molar-refractivity contribution < 1.29 is 19.4 Å². The summed E-state index contributed by atoms with van der Waals surface area (Å²) in [6.45, 7) is 4.26. The Balaban J connectivity index is 2.27. The fraction of sp³-hybridized carbons (Fsp3) is 0.467. The fourth-order valence-electron chi connectivity index (χ4n) is 1.73. The van der Waals surface area contributed by atoms with Crippen molar-refractivity contribution in [2.45, 2.75) is 19.9 Å². The molecule has 0 saturated carbocycles. The average Bonchev–Trinajstić information content (AvgIpc) is 2.44. The average molecular weight is 329 g/mol. The first-order chi connectivity index (χ1) is 10.4. The molecule has 6 nitrogen and oxygen atoms in total. The van der Waals surface area contributed by atoms with E-state index in [1.54, 1.807) is 29.2 Å². The summed E-state index contributed by atoms with van der Waals surface area (Å²) in [6, 6.07) is 6.92. The highest BCUT2D eigenvalue weighted by Crippen LogP contribution is 2.15. The Morgan fingerprint density at radius 1 is 1.27 bits per heavy atom. The maximum atomic E-state index is 11.8. The van der Waals surface area contributed by atoms with Crippen LogP contribution >= 0.6 is 11.6 Å². The number of hydrogen-bond acceptors (Lipinski definition) is 4. The number of hydrogen-bond donors (Lipinski definition) is 2. The van der Waals surface area contributed by atoms with Crippen LogP contribution in [0.4, 0.5) is 0 Å². The van der Waals surface area contributed by atoms with Crippen LogP contribution in [-0.2, 0) is 9.59 Å². The lowest BCUT2D eigenvalue weighted by Gasteiger charge is -2.23. The van der Waals surface area contributed by atoms with Crippen LogP contribution < -0.4 is 10.1 Å². The number of amides is 1. The van der Waals surface area contributed by atoms with Gasteiger partial charge in [-0.15, -0.1) is 0 Å². The molecule has 2 N–H and O–H groups in total. The van der Waals surface area contributed by atoms with E-state index in [0.717, 1.165) is 0 Å². The lowest BCUT2D eigenvalue weighted by molar-refractivity contribution is -0.139. The van der Waals surface area contributed by atoms with E-state index >= 15 is 0 Å². The zero-order chi connectivity index (χ0) is 16.5. The third kappa shape index (κ3) is 7.28. The number of aliphatic carboxylic acids is 1. The van der Waals surface area contributed by atoms with Gasteiger partial charge in [0.15, 0.2) is 0 Å². The van der Waals surface area contributed by atoms with Gasteiger partial charge in [0.2, 0.25) is 5.91 Å². The molecular formula is C15H21ClN2O4. The number of carbonyl (C=O) groups is 2. The van der Waals surface area contributed by atoms with Gasteiger partial charge in [-0.25, -0.2) is 0 Å². The zero-order valence-corrected chi connectivity index (χ0v) is 13.5. The van der Waals surface area contributed by atoms with Gasteiger partial charge in [-0.05, 0) is 38.1 Å². The Kier molecular flexibility index (Phi) is 7.70. The normalized spacial score (nSPS) is 10.8. The van der Waals surface area contributed by atoms with Crippen molar-refractivity contribution in [3.05, 3.63) is 29.3 Å². The number of halogens is 1. The molecule has 122 valence electrons. The summed E-state index contributed by atoms with van der Waals surface area (Å²) >= 11 is 5.77. The number of nitrogens with one attached hydrogen (secondary N) is 1. The molecule has 0 unspecified atom stereocenters.